The molecule has 13 heteroatoms. The second-order valence-electron chi connectivity index (χ2n) is 11.4. The van der Waals surface area contributed by atoms with Crippen LogP contribution in [-0.2, 0) is 24.0 Å². The minimum Gasteiger partial charge on any atom is -0.356 e. The average Bonchev–Trinajstić information content (AvgIpc) is 3.00. The summed E-state index contributed by atoms with van der Waals surface area (Å²) in [5, 5.41) is 20.4. The maximum atomic E-state index is 13.7. The van der Waals surface area contributed by atoms with Gasteiger partial charge in [0.05, 0.1) is 0 Å². The van der Waals surface area contributed by atoms with Crippen molar-refractivity contribution < 1.29 is 24.0 Å². The van der Waals surface area contributed by atoms with Crippen LogP contribution in [0.1, 0.15) is 71.4 Å². The predicted molar refractivity (Wildman–Crippen MR) is 163 cm³/mol. The van der Waals surface area contributed by atoms with E-state index in [1.54, 1.807) is 58.0 Å². The van der Waals surface area contributed by atoms with Gasteiger partial charge in [0.25, 0.3) is 0 Å². The molecule has 3 rings (SSSR count). The number of carbonyl (C=O) groups is 5. The molecule has 0 bridgehead atoms. The molecule has 7 N–H and O–H groups in total. The Kier molecular flexibility index (Phi) is 12.3. The number of nitrogens with zero attached hydrogens (tertiary/aromatic N) is 1. The molecule has 2 heterocycles. The first kappa shape index (κ1) is 33.3. The average molecular weight is 599 g/mol. The van der Waals surface area contributed by atoms with Crippen LogP contribution < -0.4 is 37.2 Å². The predicted octanol–water partition coefficient (Wildman–Crippen LogP) is -0.00660. The molecule has 1 fully saturated rings. The van der Waals surface area contributed by atoms with Gasteiger partial charge in [0.2, 0.25) is 29.5 Å². The van der Waals surface area contributed by atoms with E-state index in [9.17, 15) is 24.0 Å². The van der Waals surface area contributed by atoms with Crippen LogP contribution in [0.15, 0.2) is 35.3 Å². The SMILES string of the molecule is CC[C@@H]1NC(=O)[C@H](CCCNC2=NCCCN2)NC(=O)[C@](C)(NC(=O)C(C)C)CCNC(=O)[C@@H](c2ccccc2)NC1=O. The van der Waals surface area contributed by atoms with Crippen LogP contribution in [0.25, 0.3) is 0 Å². The zero-order chi connectivity index (χ0) is 31.4. The van der Waals surface area contributed by atoms with Crippen molar-refractivity contribution in [3.8, 4) is 0 Å². The lowest BCUT2D eigenvalue weighted by Gasteiger charge is -2.33. The lowest BCUT2D eigenvalue weighted by atomic mass is 9.94. The van der Waals surface area contributed by atoms with Crippen molar-refractivity contribution in [3.63, 3.8) is 0 Å². The summed E-state index contributed by atoms with van der Waals surface area (Å²) in [6.07, 6.45) is 2.07. The zero-order valence-corrected chi connectivity index (χ0v) is 25.5. The Labute approximate surface area is 253 Å². The number of amides is 5. The largest absolute Gasteiger partial charge is 0.356 e. The van der Waals surface area contributed by atoms with Gasteiger partial charge in [0.15, 0.2) is 5.96 Å². The van der Waals surface area contributed by atoms with Crippen LogP contribution in [0.5, 0.6) is 0 Å². The number of nitrogens with one attached hydrogen (secondary N) is 7. The van der Waals surface area contributed by atoms with Gasteiger partial charge in [-0.2, -0.15) is 0 Å². The fourth-order valence-corrected chi connectivity index (χ4v) is 4.75. The fourth-order valence-electron chi connectivity index (χ4n) is 4.75. The first-order valence-corrected chi connectivity index (χ1v) is 15.1. The Morgan fingerprint density at radius 3 is 2.35 bits per heavy atom. The van der Waals surface area contributed by atoms with E-state index in [2.05, 4.69) is 42.2 Å². The lowest BCUT2D eigenvalue weighted by Crippen LogP contribution is -2.63. The molecule has 0 spiro atoms. The molecule has 0 aromatic heterocycles. The topological polar surface area (TPSA) is 182 Å². The summed E-state index contributed by atoms with van der Waals surface area (Å²) in [6.45, 7) is 8.88. The van der Waals surface area contributed by atoms with Crippen molar-refractivity contribution in [1.82, 2.24) is 37.2 Å². The monoisotopic (exact) mass is 598 g/mol. The van der Waals surface area contributed by atoms with Gasteiger partial charge >= 0.3 is 0 Å². The van der Waals surface area contributed by atoms with Gasteiger partial charge in [-0.25, -0.2) is 0 Å². The van der Waals surface area contributed by atoms with E-state index in [0.29, 0.717) is 24.5 Å². The van der Waals surface area contributed by atoms with Crippen molar-refractivity contribution >= 4 is 35.5 Å². The summed E-state index contributed by atoms with van der Waals surface area (Å²) in [4.78, 5) is 71.0. The summed E-state index contributed by atoms with van der Waals surface area (Å²) < 4.78 is 0. The van der Waals surface area contributed by atoms with Crippen molar-refractivity contribution in [2.24, 2.45) is 10.9 Å². The molecule has 236 valence electrons. The number of hydrogen-bond donors (Lipinski definition) is 7. The molecule has 1 aromatic carbocycles. The third kappa shape index (κ3) is 9.69. The van der Waals surface area contributed by atoms with Gasteiger partial charge in [-0.05, 0) is 44.6 Å². The molecular formula is C30H46N8O5. The molecule has 13 nitrogen and oxygen atoms in total. The van der Waals surface area contributed by atoms with Crippen molar-refractivity contribution in [2.75, 3.05) is 26.2 Å². The van der Waals surface area contributed by atoms with Crippen molar-refractivity contribution in [3.05, 3.63) is 35.9 Å². The molecule has 0 radical (unpaired) electrons. The summed E-state index contributed by atoms with van der Waals surface area (Å²) in [5.74, 6) is -2.10. The van der Waals surface area contributed by atoms with Gasteiger partial charge in [-0.3, -0.25) is 29.0 Å². The Hall–Kier alpha value is -4.16. The Bertz CT molecular complexity index is 1170. The highest BCUT2D eigenvalue weighted by molar-refractivity contribution is 5.97. The second-order valence-corrected chi connectivity index (χ2v) is 11.4. The summed E-state index contributed by atoms with van der Waals surface area (Å²) in [6, 6.07) is 5.84. The number of guanidine groups is 1. The van der Waals surface area contributed by atoms with E-state index in [-0.39, 0.29) is 31.7 Å². The molecule has 0 saturated carbocycles. The molecule has 1 saturated heterocycles. The van der Waals surface area contributed by atoms with Crippen molar-refractivity contribution in [1.29, 1.82) is 0 Å². The molecule has 2 aliphatic rings. The molecular weight excluding hydrogens is 552 g/mol. The number of rotatable bonds is 8. The van der Waals surface area contributed by atoms with Gasteiger partial charge < -0.3 is 37.2 Å². The van der Waals surface area contributed by atoms with E-state index in [0.717, 1.165) is 19.5 Å². The summed E-state index contributed by atoms with van der Waals surface area (Å²) >= 11 is 0. The van der Waals surface area contributed by atoms with E-state index in [4.69, 9.17) is 0 Å². The minimum absolute atomic E-state index is 0.0352. The van der Waals surface area contributed by atoms with Crippen LogP contribution in [0.3, 0.4) is 0 Å². The van der Waals surface area contributed by atoms with Crippen LogP contribution in [0.2, 0.25) is 0 Å². The third-order valence-corrected chi connectivity index (χ3v) is 7.55. The molecule has 0 aliphatic carbocycles. The first-order valence-electron chi connectivity index (χ1n) is 15.1. The van der Waals surface area contributed by atoms with E-state index < -0.39 is 53.2 Å². The molecule has 1 aromatic rings. The van der Waals surface area contributed by atoms with Gasteiger partial charge in [-0.1, -0.05) is 51.1 Å². The lowest BCUT2D eigenvalue weighted by molar-refractivity contribution is -0.138. The minimum atomic E-state index is -1.42. The number of hydrogen-bond acceptors (Lipinski definition) is 8. The van der Waals surface area contributed by atoms with Gasteiger partial charge in [-0.15, -0.1) is 0 Å². The quantitative estimate of drug-likeness (QED) is 0.206. The first-order chi connectivity index (χ1) is 20.5. The van der Waals surface area contributed by atoms with Crippen molar-refractivity contribution in [2.45, 2.75) is 83.5 Å². The molecule has 43 heavy (non-hydrogen) atoms. The van der Waals surface area contributed by atoms with Crippen LogP contribution in [0, 0.1) is 5.92 Å². The highest BCUT2D eigenvalue weighted by Crippen LogP contribution is 2.17. The maximum Gasteiger partial charge on any atom is 0.247 e. The van der Waals surface area contributed by atoms with Gasteiger partial charge in [0.1, 0.15) is 23.7 Å². The fraction of sp³-hybridized carbons (Fsp3) is 0.600. The van der Waals surface area contributed by atoms with E-state index in [1.807, 2.05) is 0 Å². The smallest absolute Gasteiger partial charge is 0.247 e. The van der Waals surface area contributed by atoms with E-state index in [1.165, 1.54) is 0 Å². The van der Waals surface area contributed by atoms with Crippen LogP contribution in [-0.4, -0.2) is 79.3 Å². The molecule has 2 aliphatic heterocycles. The zero-order valence-electron chi connectivity index (χ0n) is 25.5. The maximum absolute atomic E-state index is 13.7. The normalized spacial score (nSPS) is 25.6. The molecule has 5 amide bonds. The Morgan fingerprint density at radius 1 is 0.977 bits per heavy atom. The van der Waals surface area contributed by atoms with Crippen LogP contribution in [0.4, 0.5) is 0 Å². The highest BCUT2D eigenvalue weighted by Gasteiger charge is 2.38. The van der Waals surface area contributed by atoms with Gasteiger partial charge in [0, 0.05) is 32.1 Å². The Morgan fingerprint density at radius 2 is 1.70 bits per heavy atom. The Balaban J connectivity index is 1.87. The standard InChI is InChI=1S/C30H46N8O5/c1-5-21-25(40)37-23(20-11-7-6-8-12-20)27(42)31-18-14-30(4,38-24(39)19(2)3)28(43)36-22(26(41)35-21)13-9-15-32-29-33-16-10-17-34-29/h6-8,11-12,19,21-23H,5,9-10,13-18H2,1-4H3,(H,31,42)(H,35,41)(H,36,43)(H,37,40)(H,38,39)(H2,32,33,34)/t21-,22-,23+,30+/m0/s1. The number of aliphatic imine (C=N–C) groups is 1. The number of carbonyl (C=O) groups excluding carboxylic acids is 5. The molecule has 4 atom stereocenters. The second kappa shape index (κ2) is 15.9. The summed E-state index contributed by atoms with van der Waals surface area (Å²) in [7, 11) is 0. The highest BCUT2D eigenvalue weighted by atomic mass is 16.2. The third-order valence-electron chi connectivity index (χ3n) is 7.55. The summed E-state index contributed by atoms with van der Waals surface area (Å²) in [5.41, 5.74) is -0.857. The molecule has 0 unspecified atom stereocenters. The van der Waals surface area contributed by atoms with Crippen LogP contribution >= 0.6 is 0 Å². The van der Waals surface area contributed by atoms with E-state index >= 15 is 0 Å². The number of benzene rings is 1.